The van der Waals surface area contributed by atoms with Gasteiger partial charge >= 0.3 is 5.97 Å². The lowest BCUT2D eigenvalue weighted by atomic mass is 9.88. The molecule has 164 valence electrons. The van der Waals surface area contributed by atoms with Crippen molar-refractivity contribution in [1.29, 1.82) is 0 Å². The maximum atomic E-state index is 13.0. The lowest BCUT2D eigenvalue weighted by Gasteiger charge is -2.13. The molecule has 0 saturated carbocycles. The quantitative estimate of drug-likeness (QED) is 0.507. The number of amides is 2. The normalized spacial score (nSPS) is 22.4. The number of halogens is 4. The minimum absolute atomic E-state index is 0.0681. The lowest BCUT2D eigenvalue weighted by molar-refractivity contribution is -0.145. The lowest BCUT2D eigenvalue weighted by Crippen LogP contribution is -2.26. The van der Waals surface area contributed by atoms with E-state index in [4.69, 9.17) is 5.11 Å². The van der Waals surface area contributed by atoms with Gasteiger partial charge in [-0.2, -0.15) is 0 Å². The van der Waals surface area contributed by atoms with Crippen molar-refractivity contribution < 1.29 is 37.1 Å². The van der Waals surface area contributed by atoms with Gasteiger partial charge in [0, 0.05) is 43.5 Å². The summed E-state index contributed by atoms with van der Waals surface area (Å²) in [6.45, 7) is 0.528. The van der Waals surface area contributed by atoms with Crippen LogP contribution in [0.1, 0.15) is 29.4 Å². The average Bonchev–Trinajstić information content (AvgIpc) is 3.26. The summed E-state index contributed by atoms with van der Waals surface area (Å²) in [5, 5.41) is 13.9. The zero-order valence-electron chi connectivity index (χ0n) is 16.0. The number of hydrogen-bond donors (Lipinski definition) is 3. The summed E-state index contributed by atoms with van der Waals surface area (Å²) in [4.78, 5) is 33.1. The molecule has 3 N–H and O–H groups in total. The highest BCUT2D eigenvalue weighted by atomic mass is 19.1. The van der Waals surface area contributed by atoms with Crippen LogP contribution in [-0.2, 0) is 14.4 Å². The van der Waals surface area contributed by atoms with Gasteiger partial charge in [-0.05, 0) is 35.4 Å². The number of benzene rings is 2. The minimum atomic E-state index is -1.30. The molecule has 10 heteroatoms. The zero-order valence-corrected chi connectivity index (χ0v) is 16.0. The molecule has 2 fully saturated rings. The van der Waals surface area contributed by atoms with Crippen LogP contribution in [0.2, 0.25) is 0 Å². The van der Waals surface area contributed by atoms with Crippen LogP contribution in [0.5, 0.6) is 0 Å². The predicted molar refractivity (Wildman–Crippen MR) is 100.0 cm³/mol. The molecule has 6 nitrogen and oxygen atoms in total. The maximum Gasteiger partial charge on any atom is 0.316 e. The van der Waals surface area contributed by atoms with E-state index in [1.54, 1.807) is 0 Å². The molecule has 2 aromatic rings. The number of nitrogens with one attached hydrogen (secondary N) is 2. The molecule has 1 unspecified atom stereocenters. The Balaban J connectivity index is 0.000000179. The molecule has 3 atom stereocenters. The zero-order chi connectivity index (χ0) is 22.7. The summed E-state index contributed by atoms with van der Waals surface area (Å²) < 4.78 is 51.7. The largest absolute Gasteiger partial charge is 0.481 e. The van der Waals surface area contributed by atoms with Crippen molar-refractivity contribution in [2.75, 3.05) is 13.1 Å². The van der Waals surface area contributed by atoms with Crippen LogP contribution in [0.3, 0.4) is 0 Å². The summed E-state index contributed by atoms with van der Waals surface area (Å²) in [5.74, 6) is -6.92. The Morgan fingerprint density at radius 2 is 1.32 bits per heavy atom. The van der Waals surface area contributed by atoms with Gasteiger partial charge in [0.2, 0.25) is 11.8 Å². The van der Waals surface area contributed by atoms with E-state index in [0.717, 1.165) is 18.2 Å². The monoisotopic (exact) mass is 438 g/mol. The molecule has 31 heavy (non-hydrogen) atoms. The molecule has 0 aliphatic carbocycles. The topological polar surface area (TPSA) is 95.5 Å². The number of aliphatic carboxylic acids is 1. The molecular formula is C21H18F4N2O4. The van der Waals surface area contributed by atoms with Crippen LogP contribution in [0, 0.1) is 29.2 Å². The fraction of sp³-hybridized carbons (Fsp3) is 0.286. The molecule has 2 aliphatic rings. The van der Waals surface area contributed by atoms with Gasteiger partial charge in [0.25, 0.3) is 0 Å². The van der Waals surface area contributed by atoms with Gasteiger partial charge in [-0.25, -0.2) is 17.6 Å². The average molecular weight is 438 g/mol. The van der Waals surface area contributed by atoms with Crippen molar-refractivity contribution >= 4 is 17.8 Å². The van der Waals surface area contributed by atoms with Crippen molar-refractivity contribution in [2.24, 2.45) is 5.92 Å². The number of carboxylic acids is 1. The molecule has 0 aromatic heterocycles. The van der Waals surface area contributed by atoms with Crippen molar-refractivity contribution in [3.63, 3.8) is 0 Å². The van der Waals surface area contributed by atoms with E-state index >= 15 is 0 Å². The van der Waals surface area contributed by atoms with E-state index in [1.807, 2.05) is 0 Å². The van der Waals surface area contributed by atoms with E-state index in [0.29, 0.717) is 24.6 Å². The Labute approximate surface area is 174 Å². The molecule has 0 radical (unpaired) electrons. The number of carboxylic acid groups (broad SMARTS) is 1. The summed E-state index contributed by atoms with van der Waals surface area (Å²) in [5.41, 5.74) is 0.717. The van der Waals surface area contributed by atoms with Gasteiger partial charge < -0.3 is 15.7 Å². The molecule has 0 bridgehead atoms. The Hall–Kier alpha value is -3.43. The Bertz CT molecular complexity index is 990. The standard InChI is InChI=1S/C11H9F2NO3.C10H9F2NO/c12-6-1-5(2-7(13)3-6)8-4-14-10(15)9(8)11(16)17;11-8-1-6(2-9(12)4-8)7-3-10(14)13-5-7/h1-3,8-9H,4H2,(H,14,15)(H,16,17);1-2,4,7H,3,5H2,(H,13,14)/t8-,9?;7-/m11/s1. The number of rotatable bonds is 3. The van der Waals surface area contributed by atoms with E-state index in [2.05, 4.69) is 10.6 Å². The highest BCUT2D eigenvalue weighted by Crippen LogP contribution is 2.30. The highest BCUT2D eigenvalue weighted by molar-refractivity contribution is 5.99. The van der Waals surface area contributed by atoms with Crippen molar-refractivity contribution in [3.05, 3.63) is 70.8 Å². The van der Waals surface area contributed by atoms with Crippen LogP contribution >= 0.6 is 0 Å². The van der Waals surface area contributed by atoms with Crippen LogP contribution in [0.4, 0.5) is 17.6 Å². The van der Waals surface area contributed by atoms with E-state index in [1.165, 1.54) is 12.1 Å². The van der Waals surface area contributed by atoms with Crippen LogP contribution in [0.25, 0.3) is 0 Å². The Morgan fingerprint density at radius 3 is 1.77 bits per heavy atom. The second kappa shape index (κ2) is 9.15. The predicted octanol–water partition coefficient (Wildman–Crippen LogP) is 2.45. The second-order valence-electron chi connectivity index (χ2n) is 7.28. The Kier molecular flexibility index (Phi) is 6.57. The molecular weight excluding hydrogens is 420 g/mol. The fourth-order valence-electron chi connectivity index (χ4n) is 3.66. The summed E-state index contributed by atoms with van der Waals surface area (Å²) >= 11 is 0. The molecule has 4 rings (SSSR count). The van der Waals surface area contributed by atoms with E-state index < -0.39 is 47.0 Å². The van der Waals surface area contributed by atoms with Crippen LogP contribution in [0.15, 0.2) is 36.4 Å². The Morgan fingerprint density at radius 1 is 0.806 bits per heavy atom. The maximum absolute atomic E-state index is 13.0. The summed E-state index contributed by atoms with van der Waals surface area (Å²) in [6, 6.07) is 6.16. The molecule has 2 aromatic carbocycles. The van der Waals surface area contributed by atoms with Gasteiger partial charge in [0.1, 0.15) is 29.2 Å². The van der Waals surface area contributed by atoms with E-state index in [-0.39, 0.29) is 23.9 Å². The first-order valence-corrected chi connectivity index (χ1v) is 9.33. The summed E-state index contributed by atoms with van der Waals surface area (Å²) in [6.07, 6.45) is 0.308. The first kappa shape index (κ1) is 22.3. The van der Waals surface area contributed by atoms with Gasteiger partial charge in [0.05, 0.1) is 0 Å². The third-order valence-electron chi connectivity index (χ3n) is 5.09. The second-order valence-corrected chi connectivity index (χ2v) is 7.28. The first-order chi connectivity index (χ1) is 14.6. The molecule has 0 spiro atoms. The van der Waals surface area contributed by atoms with Crippen molar-refractivity contribution in [3.8, 4) is 0 Å². The fourth-order valence-corrected chi connectivity index (χ4v) is 3.66. The molecule has 2 amide bonds. The van der Waals surface area contributed by atoms with Crippen molar-refractivity contribution in [2.45, 2.75) is 18.3 Å². The first-order valence-electron chi connectivity index (χ1n) is 9.33. The summed E-state index contributed by atoms with van der Waals surface area (Å²) in [7, 11) is 0. The molecule has 2 aliphatic heterocycles. The third kappa shape index (κ3) is 5.39. The van der Waals surface area contributed by atoms with Crippen molar-refractivity contribution in [1.82, 2.24) is 10.6 Å². The van der Waals surface area contributed by atoms with Gasteiger partial charge in [0.15, 0.2) is 0 Å². The molecule has 2 saturated heterocycles. The van der Waals surface area contributed by atoms with Gasteiger partial charge in [-0.3, -0.25) is 14.4 Å². The SMILES string of the molecule is O=C(O)C1C(=O)NC[C@@H]1c1cc(F)cc(F)c1.O=C1C[C@@H](c2cc(F)cc(F)c2)CN1. The van der Waals surface area contributed by atoms with Gasteiger partial charge in [-0.15, -0.1) is 0 Å². The molecule has 2 heterocycles. The highest BCUT2D eigenvalue weighted by Gasteiger charge is 2.41. The third-order valence-corrected chi connectivity index (χ3v) is 5.09. The number of hydrogen-bond acceptors (Lipinski definition) is 3. The smallest absolute Gasteiger partial charge is 0.316 e. The van der Waals surface area contributed by atoms with Crippen LogP contribution < -0.4 is 10.6 Å². The van der Waals surface area contributed by atoms with Crippen LogP contribution in [-0.4, -0.2) is 36.0 Å². The minimum Gasteiger partial charge on any atom is -0.481 e. The van der Waals surface area contributed by atoms with Gasteiger partial charge in [-0.1, -0.05) is 0 Å². The number of carbonyl (C=O) groups is 3. The van der Waals surface area contributed by atoms with E-state index in [9.17, 15) is 31.9 Å². The number of carbonyl (C=O) groups excluding carboxylic acids is 2.